The monoisotopic (exact) mass is 328 g/mol. The smallest absolute Gasteiger partial charge is 0.337 e. The van der Waals surface area contributed by atoms with Crippen molar-refractivity contribution in [3.63, 3.8) is 0 Å². The summed E-state index contributed by atoms with van der Waals surface area (Å²) in [5, 5.41) is 5.54. The summed E-state index contributed by atoms with van der Waals surface area (Å²) in [7, 11) is 2.94. The Balaban J connectivity index is 1.79. The molecule has 126 valence electrons. The van der Waals surface area contributed by atoms with Gasteiger partial charge in [0.1, 0.15) is 5.75 Å². The van der Waals surface area contributed by atoms with Crippen molar-refractivity contribution >= 4 is 12.0 Å². The first-order chi connectivity index (χ1) is 11.6. The lowest BCUT2D eigenvalue weighted by Crippen LogP contribution is -2.34. The minimum absolute atomic E-state index is 0.269. The predicted molar refractivity (Wildman–Crippen MR) is 89.9 cm³/mol. The largest absolute Gasteiger partial charge is 0.497 e. The molecule has 0 aliphatic carbocycles. The van der Waals surface area contributed by atoms with Gasteiger partial charge in [-0.25, -0.2) is 9.59 Å². The highest BCUT2D eigenvalue weighted by Gasteiger charge is 2.05. The molecule has 0 heterocycles. The van der Waals surface area contributed by atoms with Gasteiger partial charge < -0.3 is 20.1 Å². The molecule has 2 amide bonds. The number of benzene rings is 2. The Morgan fingerprint density at radius 3 is 2.21 bits per heavy atom. The van der Waals surface area contributed by atoms with Crippen molar-refractivity contribution in [2.24, 2.45) is 0 Å². The lowest BCUT2D eigenvalue weighted by Gasteiger charge is -2.09. The van der Waals surface area contributed by atoms with Crippen molar-refractivity contribution < 1.29 is 19.1 Å². The number of methoxy groups -OCH3 is 2. The van der Waals surface area contributed by atoms with E-state index in [1.54, 1.807) is 31.4 Å². The van der Waals surface area contributed by atoms with Crippen LogP contribution >= 0.6 is 0 Å². The zero-order valence-electron chi connectivity index (χ0n) is 13.7. The number of ether oxygens (including phenoxy) is 2. The Morgan fingerprint density at radius 1 is 0.917 bits per heavy atom. The van der Waals surface area contributed by atoms with Crippen LogP contribution < -0.4 is 15.4 Å². The molecular formula is C18H20N2O4. The summed E-state index contributed by atoms with van der Waals surface area (Å²) in [5.74, 6) is 0.367. The van der Waals surface area contributed by atoms with Gasteiger partial charge in [-0.15, -0.1) is 0 Å². The molecule has 24 heavy (non-hydrogen) atoms. The molecule has 0 aromatic heterocycles. The highest BCUT2D eigenvalue weighted by atomic mass is 16.5. The van der Waals surface area contributed by atoms with Gasteiger partial charge in [0.15, 0.2) is 0 Å². The maximum atomic E-state index is 11.8. The summed E-state index contributed by atoms with van der Waals surface area (Å²) < 4.78 is 9.78. The molecule has 2 aromatic rings. The van der Waals surface area contributed by atoms with E-state index in [0.717, 1.165) is 16.9 Å². The first-order valence-corrected chi connectivity index (χ1v) is 7.44. The van der Waals surface area contributed by atoms with Gasteiger partial charge in [-0.1, -0.05) is 24.3 Å². The number of carbonyl (C=O) groups excluding carboxylic acids is 2. The van der Waals surface area contributed by atoms with Gasteiger partial charge >= 0.3 is 12.0 Å². The van der Waals surface area contributed by atoms with Gasteiger partial charge in [0.25, 0.3) is 0 Å². The quantitative estimate of drug-likeness (QED) is 0.799. The van der Waals surface area contributed by atoms with Crippen molar-refractivity contribution in [2.75, 3.05) is 14.2 Å². The Morgan fingerprint density at radius 2 is 1.58 bits per heavy atom. The normalized spacial score (nSPS) is 9.92. The third-order valence-corrected chi connectivity index (χ3v) is 3.42. The van der Waals surface area contributed by atoms with E-state index in [1.165, 1.54) is 7.11 Å². The molecule has 2 N–H and O–H groups in total. The maximum Gasteiger partial charge on any atom is 0.337 e. The lowest BCUT2D eigenvalue weighted by molar-refractivity contribution is 0.0600. The zero-order valence-corrected chi connectivity index (χ0v) is 13.7. The number of amides is 2. The van der Waals surface area contributed by atoms with Gasteiger partial charge in [-0.05, 0) is 35.4 Å². The number of rotatable bonds is 6. The van der Waals surface area contributed by atoms with Crippen LogP contribution in [0.5, 0.6) is 5.75 Å². The number of hydrogen-bond acceptors (Lipinski definition) is 4. The SMILES string of the molecule is COC(=O)c1ccc(CNC(=O)NCc2cccc(OC)c2)cc1. The summed E-state index contributed by atoms with van der Waals surface area (Å²) in [4.78, 5) is 23.2. The average Bonchev–Trinajstić information content (AvgIpc) is 2.64. The molecule has 0 saturated heterocycles. The number of urea groups is 1. The molecule has 0 fully saturated rings. The van der Waals surface area contributed by atoms with Crippen molar-refractivity contribution in [3.05, 3.63) is 65.2 Å². The van der Waals surface area contributed by atoms with Crippen LogP contribution in [0.25, 0.3) is 0 Å². The minimum atomic E-state index is -0.384. The Labute approximate surface area is 140 Å². The van der Waals surface area contributed by atoms with Crippen LogP contribution in [0.3, 0.4) is 0 Å². The van der Waals surface area contributed by atoms with Crippen LogP contribution in [-0.2, 0) is 17.8 Å². The van der Waals surface area contributed by atoms with Crippen molar-refractivity contribution in [1.82, 2.24) is 10.6 Å². The molecular weight excluding hydrogens is 308 g/mol. The number of hydrogen-bond donors (Lipinski definition) is 2. The average molecular weight is 328 g/mol. The Bertz CT molecular complexity index is 698. The molecule has 2 rings (SSSR count). The summed E-state index contributed by atoms with van der Waals surface area (Å²) in [6, 6.07) is 14.1. The first-order valence-electron chi connectivity index (χ1n) is 7.44. The molecule has 0 bridgehead atoms. The molecule has 0 atom stereocenters. The first kappa shape index (κ1) is 17.3. The molecule has 6 nitrogen and oxygen atoms in total. The van der Waals surface area contributed by atoms with E-state index in [9.17, 15) is 9.59 Å². The highest BCUT2D eigenvalue weighted by Crippen LogP contribution is 2.12. The van der Waals surface area contributed by atoms with Crippen LogP contribution in [0.2, 0.25) is 0 Å². The third kappa shape index (κ3) is 5.01. The second-order valence-electron chi connectivity index (χ2n) is 5.08. The zero-order chi connectivity index (χ0) is 17.4. The van der Waals surface area contributed by atoms with E-state index < -0.39 is 0 Å². The van der Waals surface area contributed by atoms with Gasteiger partial charge in [0.05, 0.1) is 19.8 Å². The molecule has 0 spiro atoms. The van der Waals surface area contributed by atoms with Crippen LogP contribution in [0.15, 0.2) is 48.5 Å². The molecule has 6 heteroatoms. The van der Waals surface area contributed by atoms with E-state index in [0.29, 0.717) is 18.7 Å². The fourth-order valence-corrected chi connectivity index (χ4v) is 2.09. The van der Waals surface area contributed by atoms with E-state index >= 15 is 0 Å². The standard InChI is InChI=1S/C18H20N2O4/c1-23-16-5-3-4-14(10-16)12-20-18(22)19-11-13-6-8-15(9-7-13)17(21)24-2/h3-10H,11-12H2,1-2H3,(H2,19,20,22). The molecule has 0 saturated carbocycles. The van der Waals surface area contributed by atoms with Gasteiger partial charge in [-0.3, -0.25) is 0 Å². The summed E-state index contributed by atoms with van der Waals surface area (Å²) in [6.07, 6.45) is 0. The summed E-state index contributed by atoms with van der Waals surface area (Å²) in [6.45, 7) is 0.774. The van der Waals surface area contributed by atoms with E-state index in [-0.39, 0.29) is 12.0 Å². The molecule has 0 radical (unpaired) electrons. The van der Waals surface area contributed by atoms with Crippen LogP contribution in [0.1, 0.15) is 21.5 Å². The Hall–Kier alpha value is -3.02. The Kier molecular flexibility index (Phi) is 6.19. The van der Waals surface area contributed by atoms with Gasteiger partial charge in [-0.2, -0.15) is 0 Å². The third-order valence-electron chi connectivity index (χ3n) is 3.42. The molecule has 0 aliphatic rings. The van der Waals surface area contributed by atoms with Crippen molar-refractivity contribution in [2.45, 2.75) is 13.1 Å². The van der Waals surface area contributed by atoms with Crippen LogP contribution in [-0.4, -0.2) is 26.2 Å². The fraction of sp³-hybridized carbons (Fsp3) is 0.222. The molecule has 0 unspecified atom stereocenters. The summed E-state index contributed by atoms with van der Waals surface area (Å²) in [5.41, 5.74) is 2.31. The number of carbonyl (C=O) groups is 2. The molecule has 0 aliphatic heterocycles. The van der Waals surface area contributed by atoms with E-state index in [4.69, 9.17) is 4.74 Å². The van der Waals surface area contributed by atoms with Gasteiger partial charge in [0.2, 0.25) is 0 Å². The topological polar surface area (TPSA) is 76.7 Å². The van der Waals surface area contributed by atoms with Crippen molar-refractivity contribution in [3.8, 4) is 5.75 Å². The van der Waals surface area contributed by atoms with Crippen molar-refractivity contribution in [1.29, 1.82) is 0 Å². The van der Waals surface area contributed by atoms with E-state index in [2.05, 4.69) is 15.4 Å². The molecule has 2 aromatic carbocycles. The van der Waals surface area contributed by atoms with E-state index in [1.807, 2.05) is 24.3 Å². The summed E-state index contributed by atoms with van der Waals surface area (Å²) >= 11 is 0. The lowest BCUT2D eigenvalue weighted by atomic mass is 10.1. The van der Waals surface area contributed by atoms with Gasteiger partial charge in [0, 0.05) is 13.1 Å². The van der Waals surface area contributed by atoms with Crippen LogP contribution in [0, 0.1) is 0 Å². The second-order valence-corrected chi connectivity index (χ2v) is 5.08. The van der Waals surface area contributed by atoms with Crippen LogP contribution in [0.4, 0.5) is 4.79 Å². The second kappa shape index (κ2) is 8.57. The predicted octanol–water partition coefficient (Wildman–Crippen LogP) is 2.48. The fourth-order valence-electron chi connectivity index (χ4n) is 2.09. The highest BCUT2D eigenvalue weighted by molar-refractivity contribution is 5.89. The number of nitrogens with one attached hydrogen (secondary N) is 2. The number of esters is 1. The minimum Gasteiger partial charge on any atom is -0.497 e. The maximum absolute atomic E-state index is 11.8.